The largest absolute Gasteiger partial charge is 0.314 e. The molecule has 0 aliphatic carbocycles. The lowest BCUT2D eigenvalue weighted by atomic mass is 10.0. The molecule has 0 bridgehead atoms. The highest BCUT2D eigenvalue weighted by molar-refractivity contribution is 7.88. The van der Waals surface area contributed by atoms with Gasteiger partial charge in [-0.3, -0.25) is 0 Å². The van der Waals surface area contributed by atoms with Crippen LogP contribution in [0.5, 0.6) is 0 Å². The second-order valence-corrected chi connectivity index (χ2v) is 7.72. The van der Waals surface area contributed by atoms with E-state index < -0.39 is 10.0 Å². The van der Waals surface area contributed by atoms with E-state index in [0.717, 1.165) is 19.4 Å². The van der Waals surface area contributed by atoms with Crippen LogP contribution < -0.4 is 10.0 Å². The zero-order chi connectivity index (χ0) is 14.8. The van der Waals surface area contributed by atoms with Crippen LogP contribution in [-0.2, 0) is 15.8 Å². The van der Waals surface area contributed by atoms with Crippen LogP contribution in [0.25, 0.3) is 0 Å². The summed E-state index contributed by atoms with van der Waals surface area (Å²) in [5.74, 6) is -0.191. The Kier molecular flexibility index (Phi) is 7.24. The highest BCUT2D eigenvalue weighted by atomic mass is 35.5. The van der Waals surface area contributed by atoms with Crippen molar-refractivity contribution in [1.82, 2.24) is 10.0 Å². The first kappa shape index (κ1) is 19.0. The molecule has 1 fully saturated rings. The van der Waals surface area contributed by atoms with Crippen molar-refractivity contribution in [3.05, 3.63) is 33.8 Å². The van der Waals surface area contributed by atoms with E-state index in [-0.39, 0.29) is 24.2 Å². The molecule has 0 amide bonds. The normalized spacial score (nSPS) is 22.6. The quantitative estimate of drug-likeness (QED) is 0.853. The SMILES string of the molecule is CC1CC(NS(=O)(=O)Cc2c(Cl)cccc2Cl)CCN1.Cl. The molecule has 0 saturated carbocycles. The molecule has 120 valence electrons. The molecule has 1 aliphatic heterocycles. The van der Waals surface area contributed by atoms with Crippen molar-refractivity contribution in [2.75, 3.05) is 6.54 Å². The van der Waals surface area contributed by atoms with Gasteiger partial charge in [-0.1, -0.05) is 29.3 Å². The summed E-state index contributed by atoms with van der Waals surface area (Å²) in [5, 5.41) is 4.04. The first-order valence-corrected chi connectivity index (χ1v) is 8.94. The van der Waals surface area contributed by atoms with Crippen molar-refractivity contribution >= 4 is 45.6 Å². The molecule has 2 unspecified atom stereocenters. The van der Waals surface area contributed by atoms with Gasteiger partial charge in [0.05, 0.1) is 5.75 Å². The van der Waals surface area contributed by atoms with Crippen LogP contribution in [-0.4, -0.2) is 27.0 Å². The smallest absolute Gasteiger partial charge is 0.216 e. The summed E-state index contributed by atoms with van der Waals surface area (Å²) in [7, 11) is -3.45. The fraction of sp³-hybridized carbons (Fsp3) is 0.538. The maximum Gasteiger partial charge on any atom is 0.216 e. The molecule has 2 atom stereocenters. The van der Waals surface area contributed by atoms with Crippen molar-refractivity contribution in [3.8, 4) is 0 Å². The minimum atomic E-state index is -3.45. The van der Waals surface area contributed by atoms with Gasteiger partial charge in [0.25, 0.3) is 0 Å². The Bertz CT molecular complexity index is 561. The van der Waals surface area contributed by atoms with E-state index >= 15 is 0 Å². The summed E-state index contributed by atoms with van der Waals surface area (Å²) >= 11 is 12.0. The summed E-state index contributed by atoms with van der Waals surface area (Å²) in [6, 6.07) is 5.27. The summed E-state index contributed by atoms with van der Waals surface area (Å²) < 4.78 is 27.2. The van der Waals surface area contributed by atoms with Crippen LogP contribution in [0.2, 0.25) is 10.0 Å². The minimum absolute atomic E-state index is 0. The second kappa shape index (κ2) is 7.99. The molecule has 1 aromatic rings. The number of hydrogen-bond donors (Lipinski definition) is 2. The predicted octanol–water partition coefficient (Wildman–Crippen LogP) is 2.98. The van der Waals surface area contributed by atoms with Gasteiger partial charge in [0, 0.05) is 27.7 Å². The van der Waals surface area contributed by atoms with Crippen molar-refractivity contribution in [2.24, 2.45) is 0 Å². The number of nitrogens with one attached hydrogen (secondary N) is 2. The van der Waals surface area contributed by atoms with Crippen molar-refractivity contribution < 1.29 is 8.42 Å². The average molecular weight is 374 g/mol. The third kappa shape index (κ3) is 5.58. The Morgan fingerprint density at radius 2 is 1.95 bits per heavy atom. The van der Waals surface area contributed by atoms with Crippen LogP contribution in [0.4, 0.5) is 0 Å². The summed E-state index contributed by atoms with van der Waals surface area (Å²) in [6.07, 6.45) is 1.58. The minimum Gasteiger partial charge on any atom is -0.314 e. The van der Waals surface area contributed by atoms with E-state index in [9.17, 15) is 8.42 Å². The van der Waals surface area contributed by atoms with Gasteiger partial charge >= 0.3 is 0 Å². The molecule has 4 nitrogen and oxygen atoms in total. The van der Waals surface area contributed by atoms with Gasteiger partial charge in [-0.05, 0) is 38.4 Å². The Morgan fingerprint density at radius 1 is 1.33 bits per heavy atom. The Morgan fingerprint density at radius 3 is 2.52 bits per heavy atom. The van der Waals surface area contributed by atoms with Gasteiger partial charge in [-0.25, -0.2) is 13.1 Å². The predicted molar refractivity (Wildman–Crippen MR) is 90.0 cm³/mol. The fourth-order valence-corrected chi connectivity index (χ4v) is 4.58. The standard InChI is InChI=1S/C13H18Cl2N2O2S.ClH/c1-9-7-10(5-6-16-9)17-20(18,19)8-11-12(14)3-2-4-13(11)15;/h2-4,9-10,16-17H,5-8H2,1H3;1H. The summed E-state index contributed by atoms with van der Waals surface area (Å²) in [5.41, 5.74) is 0.449. The van der Waals surface area contributed by atoms with Crippen LogP contribution in [0, 0.1) is 0 Å². The zero-order valence-electron chi connectivity index (χ0n) is 11.6. The van der Waals surface area contributed by atoms with Gasteiger partial charge in [0.15, 0.2) is 0 Å². The molecular formula is C13H19Cl3N2O2S. The van der Waals surface area contributed by atoms with E-state index in [1.54, 1.807) is 18.2 Å². The van der Waals surface area contributed by atoms with E-state index in [2.05, 4.69) is 10.0 Å². The molecule has 0 radical (unpaired) electrons. The van der Waals surface area contributed by atoms with Gasteiger partial charge in [-0.15, -0.1) is 12.4 Å². The maximum absolute atomic E-state index is 12.2. The molecule has 2 N–H and O–H groups in total. The summed E-state index contributed by atoms with van der Waals surface area (Å²) in [4.78, 5) is 0. The number of piperidine rings is 1. The van der Waals surface area contributed by atoms with Gasteiger partial charge in [0.2, 0.25) is 10.0 Å². The van der Waals surface area contributed by atoms with Gasteiger partial charge in [0.1, 0.15) is 0 Å². The highest BCUT2D eigenvalue weighted by Gasteiger charge is 2.24. The molecule has 8 heteroatoms. The molecule has 0 spiro atoms. The monoisotopic (exact) mass is 372 g/mol. The molecule has 1 saturated heterocycles. The van der Waals surface area contributed by atoms with Gasteiger partial charge in [-0.2, -0.15) is 0 Å². The second-order valence-electron chi connectivity index (χ2n) is 5.15. The van der Waals surface area contributed by atoms with Crippen molar-refractivity contribution in [3.63, 3.8) is 0 Å². The van der Waals surface area contributed by atoms with Crippen LogP contribution >= 0.6 is 35.6 Å². The average Bonchev–Trinajstić information content (AvgIpc) is 2.33. The molecule has 1 aromatic carbocycles. The summed E-state index contributed by atoms with van der Waals surface area (Å²) in [6.45, 7) is 2.87. The fourth-order valence-electron chi connectivity index (χ4n) is 2.39. The lowest BCUT2D eigenvalue weighted by Crippen LogP contribution is -2.46. The van der Waals surface area contributed by atoms with E-state index in [0.29, 0.717) is 21.7 Å². The number of sulfonamides is 1. The molecule has 1 heterocycles. The Hall–Kier alpha value is -0.0400. The van der Waals surface area contributed by atoms with Crippen LogP contribution in [0.1, 0.15) is 25.3 Å². The number of rotatable bonds is 4. The molecule has 1 aliphatic rings. The molecular weight excluding hydrogens is 355 g/mol. The Balaban J connectivity index is 0.00000220. The Labute approximate surface area is 142 Å². The number of benzene rings is 1. The lowest BCUT2D eigenvalue weighted by Gasteiger charge is -2.28. The first-order valence-electron chi connectivity index (χ1n) is 6.53. The third-order valence-corrected chi connectivity index (χ3v) is 5.44. The lowest BCUT2D eigenvalue weighted by molar-refractivity contribution is 0.361. The molecule has 21 heavy (non-hydrogen) atoms. The van der Waals surface area contributed by atoms with E-state index in [1.165, 1.54) is 0 Å². The van der Waals surface area contributed by atoms with E-state index in [4.69, 9.17) is 23.2 Å². The third-order valence-electron chi connectivity index (χ3n) is 3.37. The van der Waals surface area contributed by atoms with Gasteiger partial charge < -0.3 is 5.32 Å². The first-order chi connectivity index (χ1) is 9.37. The van der Waals surface area contributed by atoms with E-state index in [1.807, 2.05) is 6.92 Å². The number of halogens is 3. The topological polar surface area (TPSA) is 58.2 Å². The van der Waals surface area contributed by atoms with Crippen LogP contribution in [0.15, 0.2) is 18.2 Å². The van der Waals surface area contributed by atoms with Crippen molar-refractivity contribution in [1.29, 1.82) is 0 Å². The molecule has 0 aromatic heterocycles. The zero-order valence-corrected chi connectivity index (χ0v) is 14.7. The number of hydrogen-bond acceptors (Lipinski definition) is 3. The molecule has 2 rings (SSSR count). The van der Waals surface area contributed by atoms with Crippen molar-refractivity contribution in [2.45, 2.75) is 37.6 Å². The van der Waals surface area contributed by atoms with Crippen LogP contribution in [0.3, 0.4) is 0 Å². The maximum atomic E-state index is 12.2. The highest BCUT2D eigenvalue weighted by Crippen LogP contribution is 2.26.